The summed E-state index contributed by atoms with van der Waals surface area (Å²) < 4.78 is 10.7. The molecule has 0 spiro atoms. The van der Waals surface area contributed by atoms with Gasteiger partial charge >= 0.3 is 5.97 Å². The second kappa shape index (κ2) is 10.5. The second-order valence-corrected chi connectivity index (χ2v) is 7.38. The number of aliphatic hydroxyl groups excluding tert-OH is 1. The average Bonchev–Trinajstić information content (AvgIpc) is 3.07. The number of nitrogens with zero attached hydrogens (tertiary/aromatic N) is 1. The largest absolute Gasteiger partial charge is 0.503 e. The quantitative estimate of drug-likeness (QED) is 0.531. The van der Waals surface area contributed by atoms with E-state index in [4.69, 9.17) is 14.6 Å². The van der Waals surface area contributed by atoms with Crippen LogP contribution < -0.4 is 9.47 Å². The van der Waals surface area contributed by atoms with Gasteiger partial charge in [0.05, 0.1) is 25.8 Å². The molecule has 172 valence electrons. The number of hydrogen-bond donors (Lipinski definition) is 2. The number of allylic oxidation sites excluding steroid dienone is 1. The van der Waals surface area contributed by atoms with Crippen LogP contribution in [0.15, 0.2) is 65.9 Å². The fraction of sp³-hybridized carbons (Fsp3) is 0.240. The summed E-state index contributed by atoms with van der Waals surface area (Å²) in [6.07, 6.45) is 2.90. The third-order valence-corrected chi connectivity index (χ3v) is 5.32. The van der Waals surface area contributed by atoms with Crippen LogP contribution in [0.1, 0.15) is 30.0 Å². The minimum absolute atomic E-state index is 0.0359. The van der Waals surface area contributed by atoms with Crippen molar-refractivity contribution < 1.29 is 34.1 Å². The van der Waals surface area contributed by atoms with Gasteiger partial charge in [-0.25, -0.2) is 0 Å². The Morgan fingerprint density at radius 1 is 1.09 bits per heavy atom. The summed E-state index contributed by atoms with van der Waals surface area (Å²) in [5.41, 5.74) is 1.17. The maximum absolute atomic E-state index is 13.2. The molecule has 0 aliphatic carbocycles. The van der Waals surface area contributed by atoms with Crippen LogP contribution in [0.5, 0.6) is 11.5 Å². The summed E-state index contributed by atoms with van der Waals surface area (Å²) in [6, 6.07) is 13.1. The van der Waals surface area contributed by atoms with Crippen LogP contribution in [0.2, 0.25) is 0 Å². The number of aliphatic hydroxyl groups is 1. The smallest absolute Gasteiger partial charge is 0.303 e. The van der Waals surface area contributed by atoms with Crippen LogP contribution in [-0.2, 0) is 14.4 Å². The third kappa shape index (κ3) is 5.23. The molecule has 0 bridgehead atoms. The Morgan fingerprint density at radius 3 is 2.45 bits per heavy atom. The number of rotatable bonds is 10. The highest BCUT2D eigenvalue weighted by Crippen LogP contribution is 2.42. The number of hydrogen-bond acceptors (Lipinski definition) is 6. The highest BCUT2D eigenvalue weighted by Gasteiger charge is 2.43. The predicted molar refractivity (Wildman–Crippen MR) is 121 cm³/mol. The lowest BCUT2D eigenvalue weighted by Gasteiger charge is -2.27. The number of ether oxygens (including phenoxy) is 2. The lowest BCUT2D eigenvalue weighted by atomic mass is 9.94. The summed E-state index contributed by atoms with van der Waals surface area (Å²) in [5, 5.41) is 19.6. The molecule has 8 heteroatoms. The zero-order valence-electron chi connectivity index (χ0n) is 18.4. The zero-order valence-corrected chi connectivity index (χ0v) is 18.4. The van der Waals surface area contributed by atoms with Gasteiger partial charge in [0, 0.05) is 24.6 Å². The standard InChI is InChI=1S/C25H25NO7/c1-32-17-11-12-18(20(15-17)33-2)23-22(19(27)13-10-16-7-4-3-5-8-16)24(30)25(31)26(23)14-6-9-21(28)29/h3-5,7-8,10-13,15,23,30H,6,9,14H2,1-2H3,(H,28,29). The Balaban J connectivity index is 2.03. The van der Waals surface area contributed by atoms with E-state index in [1.165, 1.54) is 25.2 Å². The molecular weight excluding hydrogens is 426 g/mol. The van der Waals surface area contributed by atoms with E-state index in [1.807, 2.05) is 30.3 Å². The second-order valence-electron chi connectivity index (χ2n) is 7.38. The van der Waals surface area contributed by atoms with Gasteiger partial charge in [0.1, 0.15) is 11.5 Å². The van der Waals surface area contributed by atoms with E-state index in [9.17, 15) is 19.5 Å². The topological polar surface area (TPSA) is 113 Å². The number of methoxy groups -OCH3 is 2. The first-order valence-corrected chi connectivity index (χ1v) is 10.3. The van der Waals surface area contributed by atoms with Crippen LogP contribution >= 0.6 is 0 Å². The van der Waals surface area contributed by atoms with Crippen molar-refractivity contribution in [2.75, 3.05) is 20.8 Å². The zero-order chi connectivity index (χ0) is 24.0. The van der Waals surface area contributed by atoms with Gasteiger partial charge in [0.15, 0.2) is 11.5 Å². The SMILES string of the molecule is COc1ccc(C2C(C(=O)C=Cc3ccccc3)=C(O)C(=O)N2CCCC(=O)O)c(OC)c1. The van der Waals surface area contributed by atoms with E-state index >= 15 is 0 Å². The van der Waals surface area contributed by atoms with Crippen molar-refractivity contribution in [2.45, 2.75) is 18.9 Å². The maximum atomic E-state index is 13.2. The van der Waals surface area contributed by atoms with Crippen LogP contribution in [0.25, 0.3) is 6.08 Å². The molecule has 0 saturated carbocycles. The van der Waals surface area contributed by atoms with Crippen LogP contribution in [0.4, 0.5) is 0 Å². The van der Waals surface area contributed by atoms with Crippen LogP contribution in [-0.4, -0.2) is 53.5 Å². The molecule has 1 atom stereocenters. The molecule has 0 saturated heterocycles. The fourth-order valence-electron chi connectivity index (χ4n) is 3.73. The van der Waals surface area contributed by atoms with Crippen molar-refractivity contribution in [3.63, 3.8) is 0 Å². The van der Waals surface area contributed by atoms with Gasteiger partial charge in [-0.3, -0.25) is 14.4 Å². The number of carbonyl (C=O) groups is 3. The van der Waals surface area contributed by atoms with Gasteiger partial charge in [-0.2, -0.15) is 0 Å². The van der Waals surface area contributed by atoms with E-state index in [-0.39, 0.29) is 25.0 Å². The van der Waals surface area contributed by atoms with Crippen molar-refractivity contribution in [1.82, 2.24) is 4.90 Å². The van der Waals surface area contributed by atoms with Crippen molar-refractivity contribution in [1.29, 1.82) is 0 Å². The number of benzene rings is 2. The molecule has 1 heterocycles. The van der Waals surface area contributed by atoms with Gasteiger partial charge in [-0.1, -0.05) is 36.4 Å². The highest BCUT2D eigenvalue weighted by molar-refractivity contribution is 6.14. The highest BCUT2D eigenvalue weighted by atomic mass is 16.5. The molecule has 2 aromatic carbocycles. The molecule has 0 aromatic heterocycles. The molecule has 1 unspecified atom stereocenters. The van der Waals surface area contributed by atoms with Crippen molar-refractivity contribution >= 4 is 23.7 Å². The first-order chi connectivity index (χ1) is 15.9. The third-order valence-electron chi connectivity index (χ3n) is 5.32. The summed E-state index contributed by atoms with van der Waals surface area (Å²) in [7, 11) is 2.95. The van der Waals surface area contributed by atoms with Gasteiger partial charge in [-0.05, 0) is 30.2 Å². The van der Waals surface area contributed by atoms with Crippen LogP contribution in [0.3, 0.4) is 0 Å². The Hall–Kier alpha value is -4.07. The first kappa shape index (κ1) is 23.6. The van der Waals surface area contributed by atoms with Crippen molar-refractivity contribution in [2.24, 2.45) is 0 Å². The molecule has 1 aliphatic rings. The number of carboxylic acid groups (broad SMARTS) is 1. The Morgan fingerprint density at radius 2 is 1.82 bits per heavy atom. The van der Waals surface area contributed by atoms with Crippen molar-refractivity contribution in [3.8, 4) is 11.5 Å². The summed E-state index contributed by atoms with van der Waals surface area (Å²) in [5.74, 6) is -2.05. The van der Waals surface area contributed by atoms with Crippen molar-refractivity contribution in [3.05, 3.63) is 77.1 Å². The molecule has 33 heavy (non-hydrogen) atoms. The lowest BCUT2D eigenvalue weighted by molar-refractivity contribution is -0.138. The Bertz CT molecular complexity index is 1100. The summed E-state index contributed by atoms with van der Waals surface area (Å²) in [6.45, 7) is 0.0359. The normalized spacial score (nSPS) is 15.9. The summed E-state index contributed by atoms with van der Waals surface area (Å²) >= 11 is 0. The van der Waals surface area contributed by atoms with Crippen LogP contribution in [0, 0.1) is 0 Å². The number of carboxylic acids is 1. The molecular formula is C25H25NO7. The molecule has 1 aliphatic heterocycles. The number of ketones is 1. The number of amides is 1. The first-order valence-electron chi connectivity index (χ1n) is 10.3. The Labute approximate surface area is 191 Å². The monoisotopic (exact) mass is 451 g/mol. The number of carbonyl (C=O) groups excluding carboxylic acids is 2. The molecule has 2 aromatic rings. The molecule has 8 nitrogen and oxygen atoms in total. The van der Waals surface area contributed by atoms with Gasteiger partial charge < -0.3 is 24.6 Å². The molecule has 1 amide bonds. The van der Waals surface area contributed by atoms with E-state index in [2.05, 4.69) is 0 Å². The van der Waals surface area contributed by atoms with Gasteiger partial charge in [0.2, 0.25) is 0 Å². The average molecular weight is 451 g/mol. The molecule has 0 radical (unpaired) electrons. The molecule has 3 rings (SSSR count). The number of aliphatic carboxylic acids is 1. The maximum Gasteiger partial charge on any atom is 0.303 e. The predicted octanol–water partition coefficient (Wildman–Crippen LogP) is 3.55. The molecule has 2 N–H and O–H groups in total. The minimum Gasteiger partial charge on any atom is -0.503 e. The van der Waals surface area contributed by atoms with E-state index in [0.29, 0.717) is 17.1 Å². The van der Waals surface area contributed by atoms with Gasteiger partial charge in [0.25, 0.3) is 5.91 Å². The molecule has 0 fully saturated rings. The summed E-state index contributed by atoms with van der Waals surface area (Å²) in [4.78, 5) is 38.3. The lowest BCUT2D eigenvalue weighted by Crippen LogP contribution is -2.32. The fourth-order valence-corrected chi connectivity index (χ4v) is 3.73. The van der Waals surface area contributed by atoms with Gasteiger partial charge in [-0.15, -0.1) is 0 Å². The Kier molecular flexibility index (Phi) is 7.50. The van der Waals surface area contributed by atoms with E-state index in [1.54, 1.807) is 24.3 Å². The van der Waals surface area contributed by atoms with E-state index in [0.717, 1.165) is 5.56 Å². The minimum atomic E-state index is -1.00. The van der Waals surface area contributed by atoms with E-state index < -0.39 is 29.5 Å².